The first-order valence-electron chi connectivity index (χ1n) is 9.42. The lowest BCUT2D eigenvalue weighted by Crippen LogP contribution is -2.50. The predicted molar refractivity (Wildman–Crippen MR) is 98.8 cm³/mol. The second kappa shape index (κ2) is 8.50. The number of benzene rings is 1. The molecule has 2 fully saturated rings. The molecule has 30 heavy (non-hydrogen) atoms. The van der Waals surface area contributed by atoms with Crippen molar-refractivity contribution in [3.05, 3.63) is 23.8 Å². The first-order chi connectivity index (χ1) is 14.1. The molecule has 11 heteroatoms. The van der Waals surface area contributed by atoms with E-state index in [0.717, 1.165) is 18.2 Å². The zero-order valence-corrected chi connectivity index (χ0v) is 16.2. The zero-order valence-electron chi connectivity index (χ0n) is 16.2. The van der Waals surface area contributed by atoms with E-state index in [1.807, 2.05) is 0 Å². The van der Waals surface area contributed by atoms with Gasteiger partial charge in [0, 0.05) is 13.0 Å². The van der Waals surface area contributed by atoms with Crippen LogP contribution in [-0.2, 0) is 20.5 Å². The third kappa shape index (κ3) is 4.66. The summed E-state index contributed by atoms with van der Waals surface area (Å²) in [6.07, 6.45) is -3.43. The van der Waals surface area contributed by atoms with Gasteiger partial charge in [0.15, 0.2) is 0 Å². The van der Waals surface area contributed by atoms with E-state index in [1.165, 1.54) is 7.11 Å². The molecular formula is C19H22F3N3O5. The average Bonchev–Trinajstić information content (AvgIpc) is 2.95. The molecule has 0 atom stereocenters. The maximum atomic E-state index is 13.1. The number of hydrogen-bond donors (Lipinski definition) is 3. The lowest BCUT2D eigenvalue weighted by atomic mass is 9.76. The van der Waals surface area contributed by atoms with Gasteiger partial charge in [-0.15, -0.1) is 0 Å². The van der Waals surface area contributed by atoms with Gasteiger partial charge in [-0.3, -0.25) is 14.9 Å². The second-order valence-electron chi connectivity index (χ2n) is 7.30. The molecule has 1 aromatic carbocycles. The maximum Gasteiger partial charge on any atom is 0.416 e. The normalized spacial score (nSPS) is 23.8. The summed E-state index contributed by atoms with van der Waals surface area (Å²) >= 11 is 0. The molecule has 164 valence electrons. The molecule has 1 saturated heterocycles. The van der Waals surface area contributed by atoms with Crippen molar-refractivity contribution < 1.29 is 37.0 Å². The SMILES string of the molecule is COCCOc1ccc(C(F)(F)F)cc1NC(=O)C1CCC2(CC1)NC(=O)NC2=O. The van der Waals surface area contributed by atoms with Crippen molar-refractivity contribution in [1.82, 2.24) is 10.6 Å². The Labute approximate surface area is 170 Å². The molecule has 0 bridgehead atoms. The minimum Gasteiger partial charge on any atom is -0.489 e. The van der Waals surface area contributed by atoms with E-state index in [4.69, 9.17) is 9.47 Å². The van der Waals surface area contributed by atoms with Gasteiger partial charge in [-0.1, -0.05) is 0 Å². The first-order valence-corrected chi connectivity index (χ1v) is 9.42. The molecule has 1 aliphatic carbocycles. The lowest BCUT2D eigenvalue weighted by Gasteiger charge is -2.34. The van der Waals surface area contributed by atoms with Gasteiger partial charge in [0.05, 0.1) is 17.9 Å². The van der Waals surface area contributed by atoms with Crippen LogP contribution < -0.4 is 20.7 Å². The number of amides is 4. The molecule has 1 saturated carbocycles. The first kappa shape index (κ1) is 21.9. The van der Waals surface area contributed by atoms with Crippen LogP contribution in [0.2, 0.25) is 0 Å². The van der Waals surface area contributed by atoms with Crippen LogP contribution in [0.15, 0.2) is 18.2 Å². The molecule has 1 heterocycles. The molecule has 1 aliphatic heterocycles. The van der Waals surface area contributed by atoms with Crippen LogP contribution >= 0.6 is 0 Å². The predicted octanol–water partition coefficient (Wildman–Crippen LogP) is 2.44. The fraction of sp³-hybridized carbons (Fsp3) is 0.526. The van der Waals surface area contributed by atoms with Gasteiger partial charge in [-0.2, -0.15) is 13.2 Å². The Morgan fingerprint density at radius 2 is 1.93 bits per heavy atom. The Kier molecular flexibility index (Phi) is 6.20. The zero-order chi connectivity index (χ0) is 21.9. The van der Waals surface area contributed by atoms with Crippen LogP contribution in [0, 0.1) is 5.92 Å². The number of hydrogen-bond acceptors (Lipinski definition) is 5. The average molecular weight is 429 g/mol. The van der Waals surface area contributed by atoms with E-state index in [9.17, 15) is 27.6 Å². The standard InChI is InChI=1S/C19H22F3N3O5/c1-29-8-9-30-14-3-2-12(19(20,21)22)10-13(14)23-15(26)11-4-6-18(7-5-11)16(27)24-17(28)25-18/h2-3,10-11H,4-9H2,1H3,(H,23,26)(H2,24,25,27,28). The third-order valence-corrected chi connectivity index (χ3v) is 5.33. The highest BCUT2D eigenvalue weighted by atomic mass is 19.4. The van der Waals surface area contributed by atoms with Crippen molar-refractivity contribution >= 4 is 23.5 Å². The molecule has 4 amide bonds. The van der Waals surface area contributed by atoms with E-state index in [1.54, 1.807) is 0 Å². The highest BCUT2D eigenvalue weighted by Crippen LogP contribution is 2.37. The topological polar surface area (TPSA) is 106 Å². The largest absolute Gasteiger partial charge is 0.489 e. The molecular weight excluding hydrogens is 407 g/mol. The van der Waals surface area contributed by atoms with Crippen LogP contribution in [0.1, 0.15) is 31.2 Å². The van der Waals surface area contributed by atoms with Crippen molar-refractivity contribution in [2.24, 2.45) is 5.92 Å². The lowest BCUT2D eigenvalue weighted by molar-refractivity contribution is -0.137. The van der Waals surface area contributed by atoms with Gasteiger partial charge in [0.25, 0.3) is 5.91 Å². The molecule has 0 unspecified atom stereocenters. The maximum absolute atomic E-state index is 13.1. The van der Waals surface area contributed by atoms with Gasteiger partial charge in [-0.05, 0) is 43.9 Å². The number of methoxy groups -OCH3 is 1. The second-order valence-corrected chi connectivity index (χ2v) is 7.30. The number of anilines is 1. The Balaban J connectivity index is 1.70. The molecule has 1 aromatic rings. The van der Waals surface area contributed by atoms with E-state index in [0.29, 0.717) is 12.8 Å². The summed E-state index contributed by atoms with van der Waals surface area (Å²) < 4.78 is 49.6. The number of nitrogens with one attached hydrogen (secondary N) is 3. The highest BCUT2D eigenvalue weighted by Gasteiger charge is 2.49. The molecule has 8 nitrogen and oxygen atoms in total. The summed E-state index contributed by atoms with van der Waals surface area (Å²) in [5.41, 5.74) is -2.01. The van der Waals surface area contributed by atoms with Crippen LogP contribution in [0.25, 0.3) is 0 Å². The summed E-state index contributed by atoms with van der Waals surface area (Å²) in [4.78, 5) is 36.1. The van der Waals surface area contributed by atoms with Crippen LogP contribution in [0.4, 0.5) is 23.7 Å². The summed E-state index contributed by atoms with van der Waals surface area (Å²) in [6, 6.07) is 2.30. The van der Waals surface area contributed by atoms with Crippen molar-refractivity contribution in [1.29, 1.82) is 0 Å². The van der Waals surface area contributed by atoms with Crippen molar-refractivity contribution in [3.8, 4) is 5.75 Å². The summed E-state index contributed by atoms with van der Waals surface area (Å²) in [5.74, 6) is -1.30. The summed E-state index contributed by atoms with van der Waals surface area (Å²) in [7, 11) is 1.46. The number of imide groups is 1. The Bertz CT molecular complexity index is 835. The fourth-order valence-corrected chi connectivity index (χ4v) is 3.65. The number of rotatable bonds is 6. The van der Waals surface area contributed by atoms with Crippen molar-refractivity contribution in [2.45, 2.75) is 37.4 Å². The quantitative estimate of drug-likeness (QED) is 0.476. The summed E-state index contributed by atoms with van der Waals surface area (Å²) in [5, 5.41) is 7.32. The molecule has 1 spiro atoms. The van der Waals surface area contributed by atoms with Gasteiger partial charge < -0.3 is 20.1 Å². The Hall–Kier alpha value is -2.82. The number of alkyl halides is 3. The number of ether oxygens (including phenoxy) is 2. The van der Waals surface area contributed by atoms with E-state index < -0.39 is 41.0 Å². The highest BCUT2D eigenvalue weighted by molar-refractivity contribution is 6.07. The number of carbonyl (C=O) groups excluding carboxylic acids is 3. The fourth-order valence-electron chi connectivity index (χ4n) is 3.65. The number of halogens is 3. The van der Waals surface area contributed by atoms with E-state index >= 15 is 0 Å². The van der Waals surface area contributed by atoms with Crippen molar-refractivity contribution in [3.63, 3.8) is 0 Å². The number of carbonyl (C=O) groups is 3. The molecule has 0 radical (unpaired) electrons. The molecule has 3 rings (SSSR count). The molecule has 2 aliphatic rings. The van der Waals surface area contributed by atoms with Gasteiger partial charge in [0.2, 0.25) is 5.91 Å². The molecule has 3 N–H and O–H groups in total. The van der Waals surface area contributed by atoms with Crippen LogP contribution in [0.3, 0.4) is 0 Å². The smallest absolute Gasteiger partial charge is 0.416 e. The molecule has 0 aromatic heterocycles. The monoisotopic (exact) mass is 429 g/mol. The minimum atomic E-state index is -4.57. The van der Waals surface area contributed by atoms with Gasteiger partial charge in [-0.25, -0.2) is 4.79 Å². The van der Waals surface area contributed by atoms with Crippen LogP contribution in [-0.4, -0.2) is 43.7 Å². The van der Waals surface area contributed by atoms with Gasteiger partial charge >= 0.3 is 12.2 Å². The Morgan fingerprint density at radius 1 is 1.23 bits per heavy atom. The van der Waals surface area contributed by atoms with E-state index in [-0.39, 0.29) is 37.5 Å². The van der Waals surface area contributed by atoms with Crippen molar-refractivity contribution in [2.75, 3.05) is 25.6 Å². The summed E-state index contributed by atoms with van der Waals surface area (Å²) in [6.45, 7) is 0.332. The Morgan fingerprint density at radius 3 is 2.50 bits per heavy atom. The van der Waals surface area contributed by atoms with Crippen LogP contribution in [0.5, 0.6) is 5.75 Å². The third-order valence-electron chi connectivity index (χ3n) is 5.33. The van der Waals surface area contributed by atoms with E-state index in [2.05, 4.69) is 16.0 Å². The number of urea groups is 1. The minimum absolute atomic E-state index is 0.0851. The van der Waals surface area contributed by atoms with Gasteiger partial charge in [0.1, 0.15) is 17.9 Å².